The van der Waals surface area contributed by atoms with E-state index in [0.717, 1.165) is 0 Å². The first-order valence-electron chi connectivity index (χ1n) is 5.36. The molecule has 1 amide bonds. The molecule has 1 aliphatic heterocycles. The number of nitrogens with zero attached hydrogens (tertiary/aromatic N) is 2. The van der Waals surface area contributed by atoms with Crippen molar-refractivity contribution in [1.82, 2.24) is 15.3 Å². The van der Waals surface area contributed by atoms with E-state index in [2.05, 4.69) is 20.6 Å². The minimum Gasteiger partial charge on any atom is -0.379 e. The highest BCUT2D eigenvalue weighted by Crippen LogP contribution is 2.18. The van der Waals surface area contributed by atoms with Gasteiger partial charge in [-0.3, -0.25) is 4.79 Å². The molecule has 2 unspecified atom stereocenters. The Labute approximate surface area is 114 Å². The summed E-state index contributed by atoms with van der Waals surface area (Å²) in [5, 5.41) is 5.85. The van der Waals surface area contributed by atoms with Crippen LogP contribution in [0.5, 0.6) is 0 Å². The molecule has 18 heavy (non-hydrogen) atoms. The summed E-state index contributed by atoms with van der Waals surface area (Å²) in [4.78, 5) is 19.6. The number of ether oxygens (including phenoxy) is 1. The van der Waals surface area contributed by atoms with E-state index in [1.165, 1.54) is 6.07 Å². The van der Waals surface area contributed by atoms with Gasteiger partial charge in [0.15, 0.2) is 0 Å². The first kappa shape index (κ1) is 13.5. The summed E-state index contributed by atoms with van der Waals surface area (Å²) in [5.41, 5.74) is 0. The number of hydrogen-bond donors (Lipinski definition) is 2. The van der Waals surface area contributed by atoms with Gasteiger partial charge in [-0.25, -0.2) is 9.97 Å². The molecular weight excluding hydrogens is 279 g/mol. The molecule has 1 saturated heterocycles. The average Bonchev–Trinajstić information content (AvgIpc) is 2.75. The maximum atomic E-state index is 12.0. The number of nitrogens with one attached hydrogen (secondary N) is 2. The van der Waals surface area contributed by atoms with Crippen LogP contribution < -0.4 is 10.6 Å². The van der Waals surface area contributed by atoms with Crippen LogP contribution in [0.2, 0.25) is 10.4 Å². The Hall–Kier alpha value is -0.950. The third-order valence-electron chi connectivity index (χ3n) is 2.71. The fourth-order valence-electron chi connectivity index (χ4n) is 1.77. The van der Waals surface area contributed by atoms with Crippen molar-refractivity contribution >= 4 is 34.9 Å². The van der Waals surface area contributed by atoms with Crippen LogP contribution in [-0.4, -0.2) is 42.2 Å². The van der Waals surface area contributed by atoms with Crippen LogP contribution in [0.25, 0.3) is 0 Å². The monoisotopic (exact) mass is 290 g/mol. The number of amides is 1. The molecule has 0 saturated carbocycles. The van der Waals surface area contributed by atoms with Gasteiger partial charge in [-0.1, -0.05) is 11.6 Å². The number of carbonyl (C=O) groups excluding carboxylic acids is 1. The largest absolute Gasteiger partial charge is 0.379 e. The molecule has 0 radical (unpaired) electrons. The van der Waals surface area contributed by atoms with E-state index in [0.29, 0.717) is 13.2 Å². The lowest BCUT2D eigenvalue weighted by Crippen LogP contribution is -2.39. The van der Waals surface area contributed by atoms with Crippen molar-refractivity contribution in [2.75, 3.05) is 25.6 Å². The Bertz CT molecular complexity index is 437. The molecule has 0 spiro atoms. The van der Waals surface area contributed by atoms with E-state index in [9.17, 15) is 4.79 Å². The van der Waals surface area contributed by atoms with Crippen molar-refractivity contribution in [3.05, 3.63) is 16.5 Å². The van der Waals surface area contributed by atoms with E-state index in [1.54, 1.807) is 7.05 Å². The summed E-state index contributed by atoms with van der Waals surface area (Å²) >= 11 is 11.4. The molecule has 1 aliphatic rings. The van der Waals surface area contributed by atoms with Crippen molar-refractivity contribution in [2.45, 2.75) is 6.04 Å². The Kier molecular flexibility index (Phi) is 4.34. The second-order valence-corrected chi connectivity index (χ2v) is 4.60. The number of halogens is 2. The Balaban J connectivity index is 2.06. The first-order valence-corrected chi connectivity index (χ1v) is 6.11. The third-order valence-corrected chi connectivity index (χ3v) is 3.07. The van der Waals surface area contributed by atoms with Gasteiger partial charge in [0.1, 0.15) is 11.0 Å². The third kappa shape index (κ3) is 3.08. The van der Waals surface area contributed by atoms with Crippen molar-refractivity contribution in [2.24, 2.45) is 5.92 Å². The van der Waals surface area contributed by atoms with Gasteiger partial charge >= 0.3 is 0 Å². The summed E-state index contributed by atoms with van der Waals surface area (Å²) in [5.74, 6) is -0.160. The van der Waals surface area contributed by atoms with E-state index in [1.807, 2.05) is 0 Å². The fourth-order valence-corrected chi connectivity index (χ4v) is 2.18. The highest BCUT2D eigenvalue weighted by molar-refractivity contribution is 6.32. The van der Waals surface area contributed by atoms with Crippen LogP contribution in [0.15, 0.2) is 6.07 Å². The molecule has 98 valence electrons. The number of aromatic nitrogens is 2. The van der Waals surface area contributed by atoms with E-state index < -0.39 is 0 Å². The van der Waals surface area contributed by atoms with Gasteiger partial charge in [0.2, 0.25) is 11.2 Å². The molecule has 2 rings (SSSR count). The zero-order valence-electron chi connectivity index (χ0n) is 9.61. The molecule has 1 aromatic heterocycles. The van der Waals surface area contributed by atoms with Crippen LogP contribution >= 0.6 is 23.2 Å². The molecule has 1 aromatic rings. The predicted molar refractivity (Wildman–Crippen MR) is 67.8 cm³/mol. The quantitative estimate of drug-likeness (QED) is 0.640. The van der Waals surface area contributed by atoms with Crippen LogP contribution in [0.1, 0.15) is 0 Å². The zero-order valence-corrected chi connectivity index (χ0v) is 11.1. The minimum atomic E-state index is -0.262. The number of likely N-dealkylation sites (N-methyl/N-ethyl adjacent to an activating group) is 1. The first-order chi connectivity index (χ1) is 8.60. The zero-order chi connectivity index (χ0) is 13.1. The maximum Gasteiger partial charge on any atom is 0.232 e. The summed E-state index contributed by atoms with van der Waals surface area (Å²) < 4.78 is 5.26. The smallest absolute Gasteiger partial charge is 0.232 e. The van der Waals surface area contributed by atoms with E-state index in [4.69, 9.17) is 27.9 Å². The highest BCUT2D eigenvalue weighted by atomic mass is 35.5. The number of hydrogen-bond acceptors (Lipinski definition) is 5. The van der Waals surface area contributed by atoms with Crippen LogP contribution in [0.4, 0.5) is 5.82 Å². The Morgan fingerprint density at radius 1 is 1.44 bits per heavy atom. The lowest BCUT2D eigenvalue weighted by Gasteiger charge is -2.16. The molecule has 2 heterocycles. The van der Waals surface area contributed by atoms with Crippen LogP contribution in [0, 0.1) is 5.92 Å². The number of rotatable bonds is 3. The topological polar surface area (TPSA) is 76.1 Å². The van der Waals surface area contributed by atoms with Crippen molar-refractivity contribution in [3.8, 4) is 0 Å². The normalized spacial score (nSPS) is 23.1. The fraction of sp³-hybridized carbons (Fsp3) is 0.500. The van der Waals surface area contributed by atoms with Gasteiger partial charge < -0.3 is 15.4 Å². The van der Waals surface area contributed by atoms with Crippen molar-refractivity contribution < 1.29 is 9.53 Å². The molecule has 0 bridgehead atoms. The lowest BCUT2D eigenvalue weighted by atomic mass is 10.0. The molecular formula is C10H12Cl2N4O2. The molecule has 0 aromatic carbocycles. The second kappa shape index (κ2) is 5.79. The molecule has 2 atom stereocenters. The van der Waals surface area contributed by atoms with Crippen molar-refractivity contribution in [3.63, 3.8) is 0 Å². The molecule has 0 aliphatic carbocycles. The van der Waals surface area contributed by atoms with Gasteiger partial charge in [-0.05, 0) is 18.6 Å². The average molecular weight is 291 g/mol. The Morgan fingerprint density at radius 2 is 2.22 bits per heavy atom. The Morgan fingerprint density at radius 3 is 2.89 bits per heavy atom. The predicted octanol–water partition coefficient (Wildman–Crippen LogP) is 0.956. The molecule has 8 heteroatoms. The summed E-state index contributed by atoms with van der Waals surface area (Å²) in [6, 6.07) is 1.44. The second-order valence-electron chi connectivity index (χ2n) is 3.87. The lowest BCUT2D eigenvalue weighted by molar-refractivity contribution is -0.120. The molecule has 1 fully saturated rings. The van der Waals surface area contributed by atoms with Gasteiger partial charge in [0, 0.05) is 12.1 Å². The summed E-state index contributed by atoms with van der Waals surface area (Å²) in [6.07, 6.45) is 0. The van der Waals surface area contributed by atoms with Gasteiger partial charge in [-0.2, -0.15) is 0 Å². The van der Waals surface area contributed by atoms with Crippen LogP contribution in [-0.2, 0) is 9.53 Å². The summed E-state index contributed by atoms with van der Waals surface area (Å²) in [7, 11) is 1.79. The van der Waals surface area contributed by atoms with Gasteiger partial charge in [-0.15, -0.1) is 0 Å². The van der Waals surface area contributed by atoms with Gasteiger partial charge in [0.25, 0.3) is 0 Å². The summed E-state index contributed by atoms with van der Waals surface area (Å²) in [6.45, 7) is 0.893. The maximum absolute atomic E-state index is 12.0. The number of anilines is 1. The highest BCUT2D eigenvalue weighted by Gasteiger charge is 2.33. The molecule has 2 N–H and O–H groups in total. The van der Waals surface area contributed by atoms with Crippen LogP contribution in [0.3, 0.4) is 0 Å². The molecule has 6 nitrogen and oxygen atoms in total. The number of carbonyl (C=O) groups is 1. The van der Waals surface area contributed by atoms with Crippen molar-refractivity contribution in [1.29, 1.82) is 0 Å². The van der Waals surface area contributed by atoms with E-state index in [-0.39, 0.29) is 34.1 Å². The minimum absolute atomic E-state index is 0.00205. The van der Waals surface area contributed by atoms with E-state index >= 15 is 0 Å². The standard InChI is InChI=1S/C10H12Cl2N4O2/c1-13-6-4-18-3-5(6)9(17)15-8-2-7(11)14-10(12)16-8/h2,5-6,13H,3-4H2,1H3,(H,14,15,16,17). The SMILES string of the molecule is CNC1COCC1C(=O)Nc1cc(Cl)nc(Cl)n1. The van der Waals surface area contributed by atoms with Gasteiger partial charge in [0.05, 0.1) is 19.1 Å².